The van der Waals surface area contributed by atoms with Gasteiger partial charge in [0, 0.05) is 18.7 Å². The molecule has 1 heterocycles. The number of hydrogen-bond acceptors (Lipinski definition) is 4. The maximum atomic E-state index is 13.2. The molecule has 0 radical (unpaired) electrons. The molecule has 0 unspecified atom stereocenters. The van der Waals surface area contributed by atoms with Gasteiger partial charge in [-0.25, -0.2) is 4.39 Å². The van der Waals surface area contributed by atoms with Crippen molar-refractivity contribution >= 4 is 11.8 Å². The van der Waals surface area contributed by atoms with Crippen molar-refractivity contribution in [2.24, 2.45) is 5.73 Å². The van der Waals surface area contributed by atoms with E-state index in [0.717, 1.165) is 6.42 Å². The molecule has 1 atom stereocenters. The fraction of sp³-hybridized carbons (Fsp3) is 0.300. The quantitative estimate of drug-likeness (QED) is 0.759. The third-order valence-electron chi connectivity index (χ3n) is 4.38. The Labute approximate surface area is 157 Å². The molecular weight excluding hydrogens is 349 g/mol. The third-order valence-corrected chi connectivity index (χ3v) is 4.38. The molecule has 27 heavy (non-hydrogen) atoms. The van der Waals surface area contributed by atoms with Crippen LogP contribution in [-0.4, -0.2) is 43.0 Å². The number of carbonyl (C=O) groups is 2. The van der Waals surface area contributed by atoms with Gasteiger partial charge < -0.3 is 20.7 Å². The first-order valence-corrected chi connectivity index (χ1v) is 8.87. The molecule has 1 fully saturated rings. The Balaban J connectivity index is 1.78. The largest absolute Gasteiger partial charge is 0.494 e. The first-order valence-electron chi connectivity index (χ1n) is 8.87. The summed E-state index contributed by atoms with van der Waals surface area (Å²) in [5.74, 6) is -0.264. The van der Waals surface area contributed by atoms with E-state index in [4.69, 9.17) is 10.5 Å². The molecule has 1 aliphatic rings. The number of carbonyl (C=O) groups excluding carboxylic acids is 2. The zero-order valence-electron chi connectivity index (χ0n) is 14.9. The molecule has 0 aromatic heterocycles. The number of halogens is 1. The summed E-state index contributed by atoms with van der Waals surface area (Å²) in [5, 5.41) is 2.76. The van der Waals surface area contributed by atoms with Crippen LogP contribution in [0.1, 0.15) is 28.4 Å². The van der Waals surface area contributed by atoms with Gasteiger partial charge in [0.2, 0.25) is 5.91 Å². The van der Waals surface area contributed by atoms with Crippen molar-refractivity contribution < 1.29 is 18.7 Å². The highest BCUT2D eigenvalue weighted by molar-refractivity contribution is 5.98. The third kappa shape index (κ3) is 4.43. The lowest BCUT2D eigenvalue weighted by molar-refractivity contribution is -0.128. The summed E-state index contributed by atoms with van der Waals surface area (Å²) in [6, 6.07) is 11.6. The number of benzene rings is 2. The predicted octanol–water partition coefficient (Wildman–Crippen LogP) is 1.87. The zero-order valence-corrected chi connectivity index (χ0v) is 14.9. The van der Waals surface area contributed by atoms with Crippen molar-refractivity contribution in [1.29, 1.82) is 0 Å². The number of ether oxygens (including phenoxy) is 1. The standard InChI is InChI=1S/C20H22FN3O3/c21-16-6-2-14(3-7-16)18-19(25)23-11-12-24(18)20(26)15-4-8-17(9-5-15)27-13-1-10-22/h2-9,18H,1,10-13,22H2,(H,23,25)/t18-/m0/s1. The number of rotatable bonds is 6. The molecule has 3 rings (SSSR count). The van der Waals surface area contributed by atoms with Crippen molar-refractivity contribution in [2.75, 3.05) is 26.2 Å². The molecule has 0 aliphatic carbocycles. The van der Waals surface area contributed by atoms with Crippen LogP contribution < -0.4 is 15.8 Å². The van der Waals surface area contributed by atoms with E-state index in [2.05, 4.69) is 5.32 Å². The minimum atomic E-state index is -0.785. The minimum absolute atomic E-state index is 0.257. The fourth-order valence-corrected chi connectivity index (χ4v) is 2.99. The summed E-state index contributed by atoms with van der Waals surface area (Å²) < 4.78 is 18.8. The zero-order chi connectivity index (χ0) is 19.2. The Morgan fingerprint density at radius 3 is 2.56 bits per heavy atom. The van der Waals surface area contributed by atoms with Crippen LogP contribution in [0.4, 0.5) is 4.39 Å². The van der Waals surface area contributed by atoms with Crippen LogP contribution in [0.3, 0.4) is 0 Å². The molecule has 7 heteroatoms. The second kappa shape index (κ2) is 8.64. The minimum Gasteiger partial charge on any atom is -0.494 e. The lowest BCUT2D eigenvalue weighted by Gasteiger charge is -2.35. The van der Waals surface area contributed by atoms with E-state index in [1.165, 1.54) is 29.2 Å². The maximum Gasteiger partial charge on any atom is 0.254 e. The molecule has 1 saturated heterocycles. The van der Waals surface area contributed by atoms with Crippen LogP contribution in [0, 0.1) is 5.82 Å². The topological polar surface area (TPSA) is 84.7 Å². The summed E-state index contributed by atoms with van der Waals surface area (Å²) in [4.78, 5) is 26.9. The monoisotopic (exact) mass is 371 g/mol. The highest BCUT2D eigenvalue weighted by Gasteiger charge is 2.34. The summed E-state index contributed by atoms with van der Waals surface area (Å²) in [6.07, 6.45) is 0.753. The normalized spacial score (nSPS) is 16.7. The second-order valence-corrected chi connectivity index (χ2v) is 6.26. The molecule has 3 N–H and O–H groups in total. The average molecular weight is 371 g/mol. The van der Waals surface area contributed by atoms with E-state index < -0.39 is 11.9 Å². The molecule has 2 aromatic rings. The van der Waals surface area contributed by atoms with Crippen LogP contribution in [0.5, 0.6) is 5.75 Å². The molecule has 2 amide bonds. The summed E-state index contributed by atoms with van der Waals surface area (Å²) >= 11 is 0. The SMILES string of the molecule is NCCCOc1ccc(C(=O)N2CCNC(=O)[C@@H]2c2ccc(F)cc2)cc1. The van der Waals surface area contributed by atoms with E-state index in [-0.39, 0.29) is 11.8 Å². The van der Waals surface area contributed by atoms with Crippen LogP contribution in [-0.2, 0) is 4.79 Å². The van der Waals surface area contributed by atoms with Gasteiger partial charge in [-0.3, -0.25) is 9.59 Å². The van der Waals surface area contributed by atoms with Crippen molar-refractivity contribution in [1.82, 2.24) is 10.2 Å². The van der Waals surface area contributed by atoms with Gasteiger partial charge in [-0.2, -0.15) is 0 Å². The Kier molecular flexibility index (Phi) is 6.03. The Hall–Kier alpha value is -2.93. The Bertz CT molecular complexity index is 793. The first-order chi connectivity index (χ1) is 13.1. The average Bonchev–Trinajstić information content (AvgIpc) is 2.69. The molecule has 0 spiro atoms. The van der Waals surface area contributed by atoms with Gasteiger partial charge in [0.05, 0.1) is 6.61 Å². The Morgan fingerprint density at radius 2 is 1.89 bits per heavy atom. The molecule has 2 aromatic carbocycles. The van der Waals surface area contributed by atoms with Crippen molar-refractivity contribution in [3.63, 3.8) is 0 Å². The lowest BCUT2D eigenvalue weighted by Crippen LogP contribution is -2.52. The second-order valence-electron chi connectivity index (χ2n) is 6.26. The molecule has 142 valence electrons. The molecule has 0 saturated carbocycles. The van der Waals surface area contributed by atoms with Crippen LogP contribution in [0.2, 0.25) is 0 Å². The number of nitrogens with one attached hydrogen (secondary N) is 1. The van der Waals surface area contributed by atoms with Gasteiger partial charge in [-0.05, 0) is 54.9 Å². The predicted molar refractivity (Wildman–Crippen MR) is 98.8 cm³/mol. The van der Waals surface area contributed by atoms with Crippen LogP contribution in [0.15, 0.2) is 48.5 Å². The van der Waals surface area contributed by atoms with E-state index in [9.17, 15) is 14.0 Å². The number of nitrogens with two attached hydrogens (primary N) is 1. The van der Waals surface area contributed by atoms with E-state index in [0.29, 0.717) is 43.1 Å². The van der Waals surface area contributed by atoms with E-state index >= 15 is 0 Å². The summed E-state index contributed by atoms with van der Waals surface area (Å²) in [6.45, 7) is 1.82. The van der Waals surface area contributed by atoms with Gasteiger partial charge in [0.15, 0.2) is 0 Å². The lowest BCUT2D eigenvalue weighted by atomic mass is 10.0. The number of amides is 2. The highest BCUT2D eigenvalue weighted by Crippen LogP contribution is 2.26. The number of piperazine rings is 1. The van der Waals surface area contributed by atoms with Crippen molar-refractivity contribution in [2.45, 2.75) is 12.5 Å². The Morgan fingerprint density at radius 1 is 1.19 bits per heavy atom. The van der Waals surface area contributed by atoms with Crippen LogP contribution in [0.25, 0.3) is 0 Å². The fourth-order valence-electron chi connectivity index (χ4n) is 2.99. The van der Waals surface area contributed by atoms with Crippen LogP contribution >= 0.6 is 0 Å². The van der Waals surface area contributed by atoms with Gasteiger partial charge >= 0.3 is 0 Å². The maximum absolute atomic E-state index is 13.2. The molecule has 6 nitrogen and oxygen atoms in total. The van der Waals surface area contributed by atoms with E-state index in [1.807, 2.05) is 0 Å². The van der Waals surface area contributed by atoms with Gasteiger partial charge in [-0.1, -0.05) is 12.1 Å². The van der Waals surface area contributed by atoms with Crippen molar-refractivity contribution in [3.8, 4) is 5.75 Å². The highest BCUT2D eigenvalue weighted by atomic mass is 19.1. The van der Waals surface area contributed by atoms with Crippen molar-refractivity contribution in [3.05, 3.63) is 65.5 Å². The smallest absolute Gasteiger partial charge is 0.254 e. The first kappa shape index (κ1) is 18.8. The van der Waals surface area contributed by atoms with E-state index in [1.54, 1.807) is 24.3 Å². The number of nitrogens with zero attached hydrogens (tertiary/aromatic N) is 1. The van der Waals surface area contributed by atoms with Gasteiger partial charge in [-0.15, -0.1) is 0 Å². The molecule has 1 aliphatic heterocycles. The van der Waals surface area contributed by atoms with Gasteiger partial charge in [0.1, 0.15) is 17.6 Å². The summed E-state index contributed by atoms with van der Waals surface area (Å²) in [5.41, 5.74) is 6.47. The molecule has 0 bridgehead atoms. The molecular formula is C20H22FN3O3. The number of hydrogen-bond donors (Lipinski definition) is 2. The summed E-state index contributed by atoms with van der Waals surface area (Å²) in [7, 11) is 0. The van der Waals surface area contributed by atoms with Gasteiger partial charge in [0.25, 0.3) is 5.91 Å².